The largest absolute Gasteiger partial charge is 0.491 e. The van der Waals surface area contributed by atoms with E-state index < -0.39 is 0 Å². The molecule has 1 aromatic heterocycles. The van der Waals surface area contributed by atoms with Crippen molar-refractivity contribution in [2.24, 2.45) is 0 Å². The minimum absolute atomic E-state index is 0.362. The third-order valence-electron chi connectivity index (χ3n) is 3.87. The van der Waals surface area contributed by atoms with Crippen LogP contribution in [0.15, 0.2) is 18.2 Å². The Hall–Kier alpha value is -2.30. The standard InChI is InChI=1S/C16H18N2O3/c1-4-13-10(2)18-7-8-21-14-9-11(16(19)20-3)5-6-12(14)15(18)17-13/h5-6,9H,4,7-8H2,1-3H3. The van der Waals surface area contributed by atoms with E-state index in [1.54, 1.807) is 12.1 Å². The summed E-state index contributed by atoms with van der Waals surface area (Å²) in [5.41, 5.74) is 3.70. The fourth-order valence-electron chi connectivity index (χ4n) is 2.72. The number of hydrogen-bond donors (Lipinski definition) is 0. The second-order valence-corrected chi connectivity index (χ2v) is 5.02. The lowest BCUT2D eigenvalue weighted by Gasteiger charge is -2.08. The van der Waals surface area contributed by atoms with Gasteiger partial charge in [-0.15, -0.1) is 0 Å². The summed E-state index contributed by atoms with van der Waals surface area (Å²) in [7, 11) is 1.37. The fraction of sp³-hybridized carbons (Fsp3) is 0.375. The molecule has 2 heterocycles. The number of imidazole rings is 1. The average molecular weight is 286 g/mol. The van der Waals surface area contributed by atoms with Crippen LogP contribution in [0.4, 0.5) is 0 Å². The summed E-state index contributed by atoms with van der Waals surface area (Å²) in [6.45, 7) is 5.51. The van der Waals surface area contributed by atoms with E-state index in [2.05, 4.69) is 18.4 Å². The monoisotopic (exact) mass is 286 g/mol. The maximum atomic E-state index is 11.6. The number of hydrogen-bond acceptors (Lipinski definition) is 4. The Kier molecular flexibility index (Phi) is 3.41. The van der Waals surface area contributed by atoms with Crippen molar-refractivity contribution < 1.29 is 14.3 Å². The topological polar surface area (TPSA) is 53.4 Å². The second-order valence-electron chi connectivity index (χ2n) is 5.02. The first-order valence-corrected chi connectivity index (χ1v) is 7.07. The molecule has 0 N–H and O–H groups in total. The quantitative estimate of drug-likeness (QED) is 0.796. The van der Waals surface area contributed by atoms with Gasteiger partial charge in [-0.3, -0.25) is 0 Å². The van der Waals surface area contributed by atoms with Crippen molar-refractivity contribution in [1.82, 2.24) is 9.55 Å². The van der Waals surface area contributed by atoms with Gasteiger partial charge in [0.1, 0.15) is 18.2 Å². The Balaban J connectivity index is 2.14. The van der Waals surface area contributed by atoms with Crippen LogP contribution in [-0.2, 0) is 17.7 Å². The smallest absolute Gasteiger partial charge is 0.337 e. The van der Waals surface area contributed by atoms with Crippen molar-refractivity contribution in [1.29, 1.82) is 0 Å². The second kappa shape index (κ2) is 5.24. The highest BCUT2D eigenvalue weighted by Gasteiger charge is 2.22. The van der Waals surface area contributed by atoms with Crippen LogP contribution in [-0.4, -0.2) is 29.2 Å². The van der Waals surface area contributed by atoms with Crippen molar-refractivity contribution >= 4 is 5.97 Å². The zero-order valence-corrected chi connectivity index (χ0v) is 12.5. The Bertz CT molecular complexity index is 704. The lowest BCUT2D eigenvalue weighted by atomic mass is 10.1. The summed E-state index contributed by atoms with van der Waals surface area (Å²) < 4.78 is 12.7. The van der Waals surface area contributed by atoms with Gasteiger partial charge in [-0.25, -0.2) is 9.78 Å². The van der Waals surface area contributed by atoms with E-state index in [-0.39, 0.29) is 5.97 Å². The van der Waals surface area contributed by atoms with Crippen molar-refractivity contribution in [3.63, 3.8) is 0 Å². The molecule has 21 heavy (non-hydrogen) atoms. The average Bonchev–Trinajstić information content (AvgIpc) is 2.72. The molecular formula is C16H18N2O3. The van der Waals surface area contributed by atoms with E-state index in [1.165, 1.54) is 12.8 Å². The maximum Gasteiger partial charge on any atom is 0.337 e. The first kappa shape index (κ1) is 13.7. The van der Waals surface area contributed by atoms with Gasteiger partial charge in [-0.2, -0.15) is 0 Å². The highest BCUT2D eigenvalue weighted by Crippen LogP contribution is 2.34. The zero-order valence-electron chi connectivity index (χ0n) is 12.5. The predicted molar refractivity (Wildman–Crippen MR) is 78.6 cm³/mol. The molecule has 5 nitrogen and oxygen atoms in total. The molecule has 0 spiro atoms. The molecule has 1 aliphatic rings. The minimum Gasteiger partial charge on any atom is -0.491 e. The molecular weight excluding hydrogens is 268 g/mol. The summed E-state index contributed by atoms with van der Waals surface area (Å²) in [6, 6.07) is 5.36. The number of carbonyl (C=O) groups excluding carboxylic acids is 1. The van der Waals surface area contributed by atoms with Crippen LogP contribution in [0.3, 0.4) is 0 Å². The van der Waals surface area contributed by atoms with Gasteiger partial charge in [0, 0.05) is 5.69 Å². The van der Waals surface area contributed by atoms with Gasteiger partial charge in [0.25, 0.3) is 0 Å². The Morgan fingerprint density at radius 3 is 3.00 bits per heavy atom. The molecule has 0 fully saturated rings. The van der Waals surface area contributed by atoms with Crippen LogP contribution in [0.25, 0.3) is 11.4 Å². The van der Waals surface area contributed by atoms with Gasteiger partial charge in [-0.1, -0.05) is 6.92 Å². The van der Waals surface area contributed by atoms with E-state index in [4.69, 9.17) is 14.5 Å². The number of ether oxygens (including phenoxy) is 2. The third kappa shape index (κ3) is 2.18. The number of benzene rings is 1. The normalized spacial score (nSPS) is 12.9. The third-order valence-corrected chi connectivity index (χ3v) is 3.87. The van der Waals surface area contributed by atoms with E-state index in [9.17, 15) is 4.79 Å². The molecule has 0 bridgehead atoms. The number of aromatic nitrogens is 2. The van der Waals surface area contributed by atoms with Gasteiger partial charge in [-0.05, 0) is 31.5 Å². The minimum atomic E-state index is -0.362. The van der Waals surface area contributed by atoms with Crippen molar-refractivity contribution in [2.45, 2.75) is 26.8 Å². The molecule has 0 saturated heterocycles. The van der Waals surface area contributed by atoms with Crippen LogP contribution in [0.2, 0.25) is 0 Å². The summed E-state index contributed by atoms with van der Waals surface area (Å²) in [5.74, 6) is 1.23. The predicted octanol–water partition coefficient (Wildman–Crippen LogP) is 2.60. The lowest BCUT2D eigenvalue weighted by Crippen LogP contribution is -2.07. The Morgan fingerprint density at radius 2 is 2.29 bits per heavy atom. The van der Waals surface area contributed by atoms with Crippen molar-refractivity contribution in [2.75, 3.05) is 13.7 Å². The van der Waals surface area contributed by atoms with Gasteiger partial charge in [0.2, 0.25) is 0 Å². The molecule has 1 aromatic carbocycles. The van der Waals surface area contributed by atoms with Gasteiger partial charge in [0.05, 0.1) is 30.5 Å². The van der Waals surface area contributed by atoms with E-state index in [0.717, 1.165) is 30.0 Å². The first-order chi connectivity index (χ1) is 10.2. The zero-order chi connectivity index (χ0) is 15.0. The van der Waals surface area contributed by atoms with Crippen LogP contribution in [0, 0.1) is 6.92 Å². The van der Waals surface area contributed by atoms with Crippen LogP contribution < -0.4 is 4.74 Å². The molecule has 1 aliphatic heterocycles. The lowest BCUT2D eigenvalue weighted by molar-refractivity contribution is 0.0600. The number of methoxy groups -OCH3 is 1. The summed E-state index contributed by atoms with van der Waals surface area (Å²) in [5, 5.41) is 0. The van der Waals surface area contributed by atoms with Crippen LogP contribution in [0.5, 0.6) is 5.75 Å². The summed E-state index contributed by atoms with van der Waals surface area (Å²) in [4.78, 5) is 16.4. The molecule has 0 unspecified atom stereocenters. The highest BCUT2D eigenvalue weighted by molar-refractivity contribution is 5.91. The maximum absolute atomic E-state index is 11.6. The van der Waals surface area contributed by atoms with Crippen LogP contribution >= 0.6 is 0 Å². The molecule has 0 saturated carbocycles. The molecule has 0 amide bonds. The number of rotatable bonds is 2. The number of nitrogens with zero attached hydrogens (tertiary/aromatic N) is 2. The Morgan fingerprint density at radius 1 is 1.48 bits per heavy atom. The van der Waals surface area contributed by atoms with Crippen molar-refractivity contribution in [3.8, 4) is 17.1 Å². The number of fused-ring (bicyclic) bond motifs is 3. The highest BCUT2D eigenvalue weighted by atomic mass is 16.5. The molecule has 5 heteroatoms. The molecule has 3 rings (SSSR count). The van der Waals surface area contributed by atoms with Gasteiger partial charge in [0.15, 0.2) is 0 Å². The van der Waals surface area contributed by atoms with Gasteiger partial charge >= 0.3 is 5.97 Å². The number of carbonyl (C=O) groups is 1. The molecule has 2 aromatic rings. The van der Waals surface area contributed by atoms with E-state index >= 15 is 0 Å². The summed E-state index contributed by atoms with van der Waals surface area (Å²) >= 11 is 0. The molecule has 0 atom stereocenters. The van der Waals surface area contributed by atoms with Crippen molar-refractivity contribution in [3.05, 3.63) is 35.2 Å². The summed E-state index contributed by atoms with van der Waals surface area (Å²) in [6.07, 6.45) is 0.905. The van der Waals surface area contributed by atoms with E-state index in [1.807, 2.05) is 6.07 Å². The Labute approximate surface area is 123 Å². The molecule has 0 radical (unpaired) electrons. The number of aryl methyl sites for hydroxylation is 1. The SMILES string of the molecule is CCc1nc2n(c1C)CCOc1cc(C(=O)OC)ccc1-2. The molecule has 110 valence electrons. The molecule has 0 aliphatic carbocycles. The van der Waals surface area contributed by atoms with E-state index in [0.29, 0.717) is 17.9 Å². The fourth-order valence-corrected chi connectivity index (χ4v) is 2.72. The van der Waals surface area contributed by atoms with Gasteiger partial charge < -0.3 is 14.0 Å². The number of esters is 1. The first-order valence-electron chi connectivity index (χ1n) is 7.07. The van der Waals surface area contributed by atoms with Crippen LogP contribution in [0.1, 0.15) is 28.7 Å².